The van der Waals surface area contributed by atoms with Crippen molar-refractivity contribution in [1.29, 1.82) is 0 Å². The molecule has 1 rings (SSSR count). The molecule has 0 N–H and O–H groups in total. The van der Waals surface area contributed by atoms with Crippen molar-refractivity contribution in [2.24, 2.45) is 0 Å². The molecule has 0 atom stereocenters. The molecule has 0 fully saturated rings. The van der Waals surface area contributed by atoms with Crippen molar-refractivity contribution in [3.05, 3.63) is 28.8 Å². The molecule has 1 aromatic rings. The molecule has 94 valence electrons. The van der Waals surface area contributed by atoms with Gasteiger partial charge in [0.25, 0.3) is 0 Å². The molecule has 0 heterocycles. The lowest BCUT2D eigenvalue weighted by Gasteiger charge is -2.11. The Hall–Kier alpha value is -1.06. The standard InChI is InChI=1S/C13H18ClNO2/c1-10(16)11-5-6-13(12(14)9-11)17-8-4-7-15(2)3/h5-6,9H,4,7-8H2,1-3H3. The Morgan fingerprint density at radius 2 is 2.12 bits per heavy atom. The number of halogens is 1. The van der Waals surface area contributed by atoms with Crippen LogP contribution in [0.1, 0.15) is 23.7 Å². The van der Waals surface area contributed by atoms with Crippen LogP contribution in [0.4, 0.5) is 0 Å². The molecule has 1 aromatic carbocycles. The summed E-state index contributed by atoms with van der Waals surface area (Å²) < 4.78 is 5.55. The van der Waals surface area contributed by atoms with Crippen LogP contribution in [0, 0.1) is 0 Å². The van der Waals surface area contributed by atoms with Crippen molar-refractivity contribution >= 4 is 17.4 Å². The van der Waals surface area contributed by atoms with Gasteiger partial charge in [0.05, 0.1) is 11.6 Å². The molecule has 0 aromatic heterocycles. The second-order valence-corrected chi connectivity index (χ2v) is 4.61. The van der Waals surface area contributed by atoms with Crippen LogP contribution in [0.3, 0.4) is 0 Å². The largest absolute Gasteiger partial charge is 0.492 e. The van der Waals surface area contributed by atoms with Crippen LogP contribution in [-0.4, -0.2) is 37.9 Å². The van der Waals surface area contributed by atoms with Crippen molar-refractivity contribution in [3.63, 3.8) is 0 Å². The molecule has 0 aliphatic carbocycles. The van der Waals surface area contributed by atoms with Crippen molar-refractivity contribution in [2.45, 2.75) is 13.3 Å². The van der Waals surface area contributed by atoms with Crippen LogP contribution in [0.5, 0.6) is 5.75 Å². The average molecular weight is 256 g/mol. The van der Waals surface area contributed by atoms with Gasteiger partial charge >= 0.3 is 0 Å². The predicted octanol–water partition coefficient (Wildman–Crippen LogP) is 2.87. The first-order chi connectivity index (χ1) is 8.00. The van der Waals surface area contributed by atoms with E-state index in [1.807, 2.05) is 14.1 Å². The Balaban J connectivity index is 2.52. The van der Waals surface area contributed by atoms with Crippen molar-refractivity contribution in [3.8, 4) is 5.75 Å². The molecule has 0 radical (unpaired) electrons. The summed E-state index contributed by atoms with van der Waals surface area (Å²) in [4.78, 5) is 13.2. The molecular formula is C13H18ClNO2. The lowest BCUT2D eigenvalue weighted by atomic mass is 10.1. The maximum atomic E-state index is 11.1. The highest BCUT2D eigenvalue weighted by molar-refractivity contribution is 6.32. The van der Waals surface area contributed by atoms with Gasteiger partial charge in [0.2, 0.25) is 0 Å². The number of nitrogens with zero attached hydrogens (tertiary/aromatic N) is 1. The molecule has 0 aliphatic rings. The quantitative estimate of drug-likeness (QED) is 0.578. The van der Waals surface area contributed by atoms with E-state index < -0.39 is 0 Å². The van der Waals surface area contributed by atoms with Gasteiger partial charge in [0.15, 0.2) is 5.78 Å². The van der Waals surface area contributed by atoms with Gasteiger partial charge in [-0.25, -0.2) is 0 Å². The van der Waals surface area contributed by atoms with E-state index in [-0.39, 0.29) is 5.78 Å². The normalized spacial score (nSPS) is 10.6. The second kappa shape index (κ2) is 6.62. The number of hydrogen-bond acceptors (Lipinski definition) is 3. The molecule has 0 saturated carbocycles. The summed E-state index contributed by atoms with van der Waals surface area (Å²) in [6.45, 7) is 3.11. The lowest BCUT2D eigenvalue weighted by Crippen LogP contribution is -2.15. The van der Waals surface area contributed by atoms with Crippen LogP contribution >= 0.6 is 11.6 Å². The maximum absolute atomic E-state index is 11.1. The molecule has 0 spiro atoms. The average Bonchev–Trinajstić information content (AvgIpc) is 2.25. The molecule has 0 amide bonds. The highest BCUT2D eigenvalue weighted by Crippen LogP contribution is 2.25. The van der Waals surface area contributed by atoms with Gasteiger partial charge in [0.1, 0.15) is 5.75 Å². The summed E-state index contributed by atoms with van der Waals surface area (Å²) in [6, 6.07) is 5.12. The number of hydrogen-bond donors (Lipinski definition) is 0. The minimum atomic E-state index is 0.00561. The minimum absolute atomic E-state index is 0.00561. The van der Waals surface area contributed by atoms with E-state index in [4.69, 9.17) is 16.3 Å². The van der Waals surface area contributed by atoms with Crippen LogP contribution in [0.2, 0.25) is 5.02 Å². The molecule has 0 aliphatic heterocycles. The molecule has 3 nitrogen and oxygen atoms in total. The summed E-state index contributed by atoms with van der Waals surface area (Å²) in [5, 5.41) is 0.488. The number of Topliss-reactive ketones (excluding diaryl/α,β-unsaturated/α-hetero) is 1. The van der Waals surface area contributed by atoms with E-state index in [0.29, 0.717) is 22.9 Å². The second-order valence-electron chi connectivity index (χ2n) is 4.21. The number of carbonyl (C=O) groups is 1. The number of carbonyl (C=O) groups excluding carboxylic acids is 1. The van der Waals surface area contributed by atoms with Crippen molar-refractivity contribution < 1.29 is 9.53 Å². The van der Waals surface area contributed by atoms with Crippen LogP contribution in [0.25, 0.3) is 0 Å². The van der Waals surface area contributed by atoms with E-state index in [1.54, 1.807) is 18.2 Å². The first kappa shape index (κ1) is 14.0. The SMILES string of the molecule is CC(=O)c1ccc(OCCCN(C)C)c(Cl)c1. The first-order valence-corrected chi connectivity index (χ1v) is 5.96. The fourth-order valence-electron chi connectivity index (χ4n) is 1.40. The molecular weight excluding hydrogens is 238 g/mol. The highest BCUT2D eigenvalue weighted by atomic mass is 35.5. The van der Waals surface area contributed by atoms with Gasteiger partial charge in [-0.15, -0.1) is 0 Å². The zero-order valence-corrected chi connectivity index (χ0v) is 11.3. The van der Waals surface area contributed by atoms with Crippen molar-refractivity contribution in [2.75, 3.05) is 27.2 Å². The number of rotatable bonds is 6. The molecule has 0 bridgehead atoms. The Kier molecular flexibility index (Phi) is 5.45. The molecule has 0 saturated heterocycles. The van der Waals surface area contributed by atoms with Crippen LogP contribution < -0.4 is 4.74 Å². The summed E-state index contributed by atoms with van der Waals surface area (Å²) in [7, 11) is 4.04. The number of ketones is 1. The van der Waals surface area contributed by atoms with Gasteiger partial charge < -0.3 is 9.64 Å². The minimum Gasteiger partial charge on any atom is -0.492 e. The van der Waals surface area contributed by atoms with Gasteiger partial charge in [-0.3, -0.25) is 4.79 Å². The van der Waals surface area contributed by atoms with Gasteiger partial charge in [-0.1, -0.05) is 11.6 Å². The summed E-state index contributed by atoms with van der Waals surface area (Å²) in [6.07, 6.45) is 0.942. The van der Waals surface area contributed by atoms with E-state index in [9.17, 15) is 4.79 Å². The summed E-state index contributed by atoms with van der Waals surface area (Å²) in [5.74, 6) is 0.640. The topological polar surface area (TPSA) is 29.5 Å². The van der Waals surface area contributed by atoms with Crippen LogP contribution in [0.15, 0.2) is 18.2 Å². The summed E-state index contributed by atoms with van der Waals surface area (Å²) >= 11 is 6.03. The molecule has 0 unspecified atom stereocenters. The fourth-order valence-corrected chi connectivity index (χ4v) is 1.63. The highest BCUT2D eigenvalue weighted by Gasteiger charge is 2.05. The third-order valence-corrected chi connectivity index (χ3v) is 2.64. The van der Waals surface area contributed by atoms with Gasteiger partial charge in [0, 0.05) is 12.1 Å². The zero-order valence-electron chi connectivity index (χ0n) is 10.5. The van der Waals surface area contributed by atoms with E-state index in [1.165, 1.54) is 6.92 Å². The van der Waals surface area contributed by atoms with E-state index in [0.717, 1.165) is 13.0 Å². The number of ether oxygens (including phenoxy) is 1. The Bertz CT molecular complexity index is 391. The molecule has 17 heavy (non-hydrogen) atoms. The van der Waals surface area contributed by atoms with Crippen molar-refractivity contribution in [1.82, 2.24) is 4.90 Å². The lowest BCUT2D eigenvalue weighted by molar-refractivity contribution is 0.101. The monoisotopic (exact) mass is 255 g/mol. The van der Waals surface area contributed by atoms with Gasteiger partial charge in [-0.05, 0) is 45.6 Å². The van der Waals surface area contributed by atoms with Gasteiger partial charge in [-0.2, -0.15) is 0 Å². The zero-order chi connectivity index (χ0) is 12.8. The fraction of sp³-hybridized carbons (Fsp3) is 0.462. The smallest absolute Gasteiger partial charge is 0.159 e. The predicted molar refractivity (Wildman–Crippen MR) is 70.1 cm³/mol. The van der Waals surface area contributed by atoms with E-state index in [2.05, 4.69) is 4.90 Å². The van der Waals surface area contributed by atoms with Crippen LogP contribution in [-0.2, 0) is 0 Å². The Morgan fingerprint density at radius 3 is 2.65 bits per heavy atom. The Labute approximate surface area is 107 Å². The molecule has 4 heteroatoms. The number of benzene rings is 1. The first-order valence-electron chi connectivity index (χ1n) is 5.58. The Morgan fingerprint density at radius 1 is 1.41 bits per heavy atom. The van der Waals surface area contributed by atoms with E-state index >= 15 is 0 Å². The third kappa shape index (κ3) is 4.75. The maximum Gasteiger partial charge on any atom is 0.159 e. The summed E-state index contributed by atoms with van der Waals surface area (Å²) in [5.41, 5.74) is 0.607. The third-order valence-electron chi connectivity index (χ3n) is 2.35.